The number of hydrogen-bond acceptors (Lipinski definition) is 2. The monoisotopic (exact) mass is 200 g/mol. The van der Waals surface area contributed by atoms with Gasteiger partial charge in [-0.3, -0.25) is 0 Å². The van der Waals surface area contributed by atoms with Gasteiger partial charge in [-0.25, -0.2) is 9.97 Å². The van der Waals surface area contributed by atoms with Crippen molar-refractivity contribution >= 4 is 5.57 Å². The first-order chi connectivity index (χ1) is 7.27. The molecule has 1 aromatic heterocycles. The lowest BCUT2D eigenvalue weighted by Crippen LogP contribution is -1.86. The molecule has 1 aromatic rings. The second kappa shape index (κ2) is 5.91. The van der Waals surface area contributed by atoms with Crippen molar-refractivity contribution in [3.05, 3.63) is 54.7 Å². The van der Waals surface area contributed by atoms with Crippen LogP contribution in [0.2, 0.25) is 0 Å². The molecule has 78 valence electrons. The zero-order chi connectivity index (χ0) is 11.1. The van der Waals surface area contributed by atoms with Gasteiger partial charge in [0, 0.05) is 18.0 Å². The number of allylic oxidation sites excluding steroid dienone is 5. The topological polar surface area (TPSA) is 25.8 Å². The van der Waals surface area contributed by atoms with Crippen molar-refractivity contribution in [2.75, 3.05) is 0 Å². The van der Waals surface area contributed by atoms with E-state index in [1.807, 2.05) is 25.4 Å². The van der Waals surface area contributed by atoms with Gasteiger partial charge in [-0.05, 0) is 18.9 Å². The molecule has 0 unspecified atom stereocenters. The fourth-order valence-electron chi connectivity index (χ4n) is 1.23. The molecule has 0 saturated carbocycles. The highest BCUT2D eigenvalue weighted by molar-refractivity contribution is 5.74. The van der Waals surface area contributed by atoms with Crippen molar-refractivity contribution in [3.8, 4) is 0 Å². The van der Waals surface area contributed by atoms with Gasteiger partial charge in [0.1, 0.15) is 6.33 Å². The molecule has 0 radical (unpaired) electrons. The Morgan fingerprint density at radius 1 is 1.40 bits per heavy atom. The number of aromatic nitrogens is 2. The van der Waals surface area contributed by atoms with Gasteiger partial charge in [-0.15, -0.1) is 0 Å². The maximum Gasteiger partial charge on any atom is 0.115 e. The van der Waals surface area contributed by atoms with Crippen LogP contribution in [0.5, 0.6) is 0 Å². The smallest absolute Gasteiger partial charge is 0.115 e. The first kappa shape index (κ1) is 11.4. The molecule has 0 aliphatic rings. The number of rotatable bonds is 4. The van der Waals surface area contributed by atoms with Crippen LogP contribution >= 0.6 is 0 Å². The summed E-state index contributed by atoms with van der Waals surface area (Å²) in [6.07, 6.45) is 12.3. The van der Waals surface area contributed by atoms with E-state index in [4.69, 9.17) is 0 Å². The van der Waals surface area contributed by atoms with Gasteiger partial charge < -0.3 is 0 Å². The molecule has 15 heavy (non-hydrogen) atoms. The lowest BCUT2D eigenvalue weighted by molar-refractivity contribution is 1.15. The minimum absolute atomic E-state index is 0.991. The van der Waals surface area contributed by atoms with Crippen LogP contribution in [-0.4, -0.2) is 9.97 Å². The molecule has 0 aliphatic carbocycles. The predicted octanol–water partition coefficient (Wildman–Crippen LogP) is 3.40. The Bertz CT molecular complexity index is 375. The Labute approximate surface area is 91.1 Å². The predicted molar refractivity (Wildman–Crippen MR) is 64.3 cm³/mol. The van der Waals surface area contributed by atoms with Gasteiger partial charge in [0.2, 0.25) is 0 Å². The third kappa shape index (κ3) is 3.50. The van der Waals surface area contributed by atoms with Crippen molar-refractivity contribution in [2.45, 2.75) is 20.3 Å². The van der Waals surface area contributed by atoms with E-state index >= 15 is 0 Å². The Morgan fingerprint density at radius 2 is 2.07 bits per heavy atom. The lowest BCUT2D eigenvalue weighted by Gasteiger charge is -2.02. The van der Waals surface area contributed by atoms with Gasteiger partial charge in [-0.2, -0.15) is 0 Å². The van der Waals surface area contributed by atoms with Crippen LogP contribution in [0.4, 0.5) is 0 Å². The Morgan fingerprint density at radius 3 is 2.60 bits per heavy atom. The maximum atomic E-state index is 4.01. The highest BCUT2D eigenvalue weighted by Gasteiger charge is 1.97. The Balaban J connectivity index is 3.05. The van der Waals surface area contributed by atoms with Crippen LogP contribution in [0.3, 0.4) is 0 Å². The van der Waals surface area contributed by atoms with E-state index in [0.29, 0.717) is 0 Å². The summed E-state index contributed by atoms with van der Waals surface area (Å²) < 4.78 is 0. The summed E-state index contributed by atoms with van der Waals surface area (Å²) in [5, 5.41) is 0. The summed E-state index contributed by atoms with van der Waals surface area (Å²) >= 11 is 0. The minimum Gasteiger partial charge on any atom is -0.244 e. The first-order valence-electron chi connectivity index (χ1n) is 5.04. The quantitative estimate of drug-likeness (QED) is 0.696. The maximum absolute atomic E-state index is 4.01. The lowest BCUT2D eigenvalue weighted by atomic mass is 10.1. The molecule has 2 nitrogen and oxygen atoms in total. The molecule has 0 N–H and O–H groups in total. The van der Waals surface area contributed by atoms with Crippen LogP contribution in [0.25, 0.3) is 5.57 Å². The molecule has 1 heterocycles. The molecular weight excluding hydrogens is 184 g/mol. The highest BCUT2D eigenvalue weighted by Crippen LogP contribution is 2.16. The van der Waals surface area contributed by atoms with Gasteiger partial charge in [0.25, 0.3) is 0 Å². The standard InChI is InChI=1S/C13H16N2/c1-4-6-12(7-11(3)5-2)13-8-14-10-15-9-13/h5-10H,2,4H2,1,3H3/b11-7+,12-6+. The Hall–Kier alpha value is -1.70. The van der Waals surface area contributed by atoms with Crippen molar-refractivity contribution in [1.29, 1.82) is 0 Å². The summed E-state index contributed by atoms with van der Waals surface area (Å²) in [7, 11) is 0. The Kier molecular flexibility index (Phi) is 4.48. The SMILES string of the molecule is C=C/C(C)=C/C(=C\CC)c1cncnc1. The van der Waals surface area contributed by atoms with Crippen molar-refractivity contribution in [1.82, 2.24) is 9.97 Å². The fraction of sp³-hybridized carbons (Fsp3) is 0.231. The van der Waals surface area contributed by atoms with Gasteiger partial charge in [0.05, 0.1) is 0 Å². The second-order valence-electron chi connectivity index (χ2n) is 3.29. The molecule has 0 spiro atoms. The number of hydrogen-bond donors (Lipinski definition) is 0. The first-order valence-corrected chi connectivity index (χ1v) is 5.04. The largest absolute Gasteiger partial charge is 0.244 e. The zero-order valence-corrected chi connectivity index (χ0v) is 9.27. The van der Waals surface area contributed by atoms with E-state index in [1.54, 1.807) is 0 Å². The molecule has 1 rings (SSSR count). The minimum atomic E-state index is 0.991. The molecule has 0 bridgehead atoms. The van der Waals surface area contributed by atoms with Crippen LogP contribution < -0.4 is 0 Å². The molecule has 0 amide bonds. The summed E-state index contributed by atoms with van der Waals surface area (Å²) in [6, 6.07) is 0. The van der Waals surface area contributed by atoms with Crippen LogP contribution in [0, 0.1) is 0 Å². The molecular formula is C13H16N2. The molecule has 0 saturated heterocycles. The van der Waals surface area contributed by atoms with E-state index < -0.39 is 0 Å². The molecule has 0 aliphatic heterocycles. The third-order valence-electron chi connectivity index (χ3n) is 2.02. The van der Waals surface area contributed by atoms with Gasteiger partial charge in [0.15, 0.2) is 0 Å². The average molecular weight is 200 g/mol. The molecule has 0 fully saturated rings. The molecule has 0 atom stereocenters. The highest BCUT2D eigenvalue weighted by atomic mass is 14.8. The van der Waals surface area contributed by atoms with Crippen LogP contribution in [-0.2, 0) is 0 Å². The fourth-order valence-corrected chi connectivity index (χ4v) is 1.23. The summed E-state index contributed by atoms with van der Waals surface area (Å²) in [5.41, 5.74) is 3.33. The summed E-state index contributed by atoms with van der Waals surface area (Å²) in [6.45, 7) is 7.88. The summed E-state index contributed by atoms with van der Waals surface area (Å²) in [4.78, 5) is 8.03. The normalized spacial score (nSPS) is 12.7. The summed E-state index contributed by atoms with van der Waals surface area (Å²) in [5.74, 6) is 0. The number of nitrogens with zero attached hydrogens (tertiary/aromatic N) is 2. The van der Waals surface area contributed by atoms with Crippen molar-refractivity contribution in [2.24, 2.45) is 0 Å². The van der Waals surface area contributed by atoms with Crippen LogP contribution in [0.1, 0.15) is 25.8 Å². The van der Waals surface area contributed by atoms with Gasteiger partial charge in [-0.1, -0.05) is 37.3 Å². The third-order valence-corrected chi connectivity index (χ3v) is 2.02. The van der Waals surface area contributed by atoms with E-state index in [2.05, 4.69) is 35.6 Å². The van der Waals surface area contributed by atoms with Crippen LogP contribution in [0.15, 0.2) is 49.1 Å². The van der Waals surface area contributed by atoms with Crippen molar-refractivity contribution in [3.63, 3.8) is 0 Å². The average Bonchev–Trinajstić information content (AvgIpc) is 2.29. The van der Waals surface area contributed by atoms with E-state index in [1.165, 1.54) is 6.33 Å². The molecule has 2 heteroatoms. The molecule has 0 aromatic carbocycles. The van der Waals surface area contributed by atoms with E-state index in [9.17, 15) is 0 Å². The zero-order valence-electron chi connectivity index (χ0n) is 9.27. The second-order valence-corrected chi connectivity index (χ2v) is 3.29. The van der Waals surface area contributed by atoms with E-state index in [-0.39, 0.29) is 0 Å². The van der Waals surface area contributed by atoms with E-state index in [0.717, 1.165) is 23.1 Å². The van der Waals surface area contributed by atoms with Gasteiger partial charge >= 0.3 is 0 Å². The van der Waals surface area contributed by atoms with Crippen molar-refractivity contribution < 1.29 is 0 Å².